The number of ether oxygens (including phenoxy) is 1. The molecule has 2 saturated heterocycles. The van der Waals surface area contributed by atoms with E-state index in [0.717, 1.165) is 4.90 Å². The highest BCUT2D eigenvalue weighted by atomic mass is 35.5. The average Bonchev–Trinajstić information content (AvgIpc) is 4.09. The van der Waals surface area contributed by atoms with Gasteiger partial charge in [-0.25, -0.2) is 4.79 Å². The van der Waals surface area contributed by atoms with Crippen molar-refractivity contribution >= 4 is 58.7 Å². The zero-order chi connectivity index (χ0) is 46.3. The van der Waals surface area contributed by atoms with Crippen molar-refractivity contribution in [2.75, 3.05) is 7.05 Å². The monoisotopic (exact) mass is 891 g/mol. The second-order valence-electron chi connectivity index (χ2n) is 18.0. The number of aliphatic hydroxyl groups is 1. The molecule has 16 heteroatoms. The first-order valence-electron chi connectivity index (χ1n) is 22.0. The standard InChI is InChI=1S/C47H62ClN5O10/c1-25(2)40-47(62)63-28(6)34(24-37(54)27(5)49-42(57)26(3)4)43(58)51-41(31-15-16-31)38(55)23-32-17-20-39(56)53(45(32)60)36(22-30-13-18-33(48)19-14-30)46(61)52(7)35(44(59)50-40)21-29-11-9-8-10-12-29/h8-14,18-19,25-28,31-32,34-36,39-41,56H,15-17,20-24H2,1-7H3,(H,49,57)(H,50,59)(H,51,58)/t27-,28+,32+,34-,35-,36-,39+,40-,41-/m0/s1. The van der Waals surface area contributed by atoms with Crippen molar-refractivity contribution < 1.29 is 48.2 Å². The highest BCUT2D eigenvalue weighted by Crippen LogP contribution is 2.36. The first-order valence-corrected chi connectivity index (χ1v) is 22.4. The number of aliphatic hydroxyl groups excluding tert-OH is 1. The number of esters is 1. The van der Waals surface area contributed by atoms with Crippen molar-refractivity contribution in [3.05, 3.63) is 70.7 Å². The van der Waals surface area contributed by atoms with Gasteiger partial charge in [0.25, 0.3) is 0 Å². The van der Waals surface area contributed by atoms with E-state index in [2.05, 4.69) is 16.0 Å². The highest BCUT2D eigenvalue weighted by Gasteiger charge is 2.47. The number of nitrogens with zero attached hydrogens (tertiary/aromatic N) is 2. The number of carbonyl (C=O) groups excluding carboxylic acids is 8. The summed E-state index contributed by atoms with van der Waals surface area (Å²) >= 11 is 6.19. The number of ketones is 2. The number of cyclic esters (lactones) is 1. The Morgan fingerprint density at radius 2 is 1.44 bits per heavy atom. The molecule has 4 N–H and O–H groups in total. The number of benzene rings is 2. The number of halogens is 1. The second-order valence-corrected chi connectivity index (χ2v) is 18.5. The lowest BCUT2D eigenvalue weighted by Gasteiger charge is -2.43. The van der Waals surface area contributed by atoms with Gasteiger partial charge in [-0.3, -0.25) is 33.6 Å². The Morgan fingerprint density at radius 1 is 0.825 bits per heavy atom. The van der Waals surface area contributed by atoms with Crippen LogP contribution in [0.5, 0.6) is 0 Å². The molecule has 9 atom stereocenters. The molecule has 2 heterocycles. The first-order chi connectivity index (χ1) is 29.8. The summed E-state index contributed by atoms with van der Waals surface area (Å²) in [4.78, 5) is 115. The highest BCUT2D eigenvalue weighted by molar-refractivity contribution is 6.30. The molecular formula is C47H62ClN5O10. The number of rotatable bonds is 11. The fraction of sp³-hybridized carbons (Fsp3) is 0.574. The fourth-order valence-corrected chi connectivity index (χ4v) is 8.36. The number of amides is 5. The minimum absolute atomic E-state index is 0.00488. The molecule has 5 amide bonds. The van der Waals surface area contributed by atoms with Gasteiger partial charge in [0.1, 0.15) is 30.5 Å². The minimum Gasteiger partial charge on any atom is -0.460 e. The molecule has 2 bridgehead atoms. The molecule has 0 unspecified atom stereocenters. The lowest BCUT2D eigenvalue weighted by molar-refractivity contribution is -0.167. The topological polar surface area (TPSA) is 209 Å². The van der Waals surface area contributed by atoms with Gasteiger partial charge in [0.05, 0.1) is 18.0 Å². The summed E-state index contributed by atoms with van der Waals surface area (Å²) in [5, 5.41) is 20.3. The number of likely N-dealkylation sites (N-methyl/N-ethyl adjacent to an activating group) is 1. The Kier molecular flexibility index (Phi) is 16.7. The normalized spacial score (nSPS) is 27.5. The van der Waals surface area contributed by atoms with Crippen LogP contribution in [0.1, 0.15) is 91.2 Å². The van der Waals surface area contributed by atoms with Crippen molar-refractivity contribution in [3.8, 4) is 0 Å². The molecule has 2 aromatic carbocycles. The summed E-state index contributed by atoms with van der Waals surface area (Å²) in [6, 6.07) is 9.74. The predicted molar refractivity (Wildman–Crippen MR) is 233 cm³/mol. The van der Waals surface area contributed by atoms with Crippen LogP contribution < -0.4 is 16.0 Å². The van der Waals surface area contributed by atoms with Gasteiger partial charge in [-0.1, -0.05) is 81.8 Å². The van der Waals surface area contributed by atoms with Crippen LogP contribution in [0.4, 0.5) is 0 Å². The summed E-state index contributed by atoms with van der Waals surface area (Å²) in [6.45, 7) is 9.68. The Balaban J connectivity index is 1.59. The zero-order valence-corrected chi connectivity index (χ0v) is 37.9. The van der Waals surface area contributed by atoms with Gasteiger partial charge < -0.3 is 35.6 Å². The van der Waals surface area contributed by atoms with Crippen molar-refractivity contribution in [1.29, 1.82) is 0 Å². The number of hydrogen-bond donors (Lipinski definition) is 4. The van der Waals surface area contributed by atoms with Crippen molar-refractivity contribution in [1.82, 2.24) is 25.8 Å². The molecule has 342 valence electrons. The maximum atomic E-state index is 15.0. The largest absolute Gasteiger partial charge is 0.460 e. The van der Waals surface area contributed by atoms with Crippen LogP contribution in [0.3, 0.4) is 0 Å². The van der Waals surface area contributed by atoms with Crippen molar-refractivity contribution in [2.24, 2.45) is 29.6 Å². The van der Waals surface area contributed by atoms with Gasteiger partial charge >= 0.3 is 5.97 Å². The lowest BCUT2D eigenvalue weighted by Crippen LogP contribution is -2.62. The van der Waals surface area contributed by atoms with E-state index in [0.29, 0.717) is 29.0 Å². The van der Waals surface area contributed by atoms with E-state index in [1.54, 1.807) is 82.3 Å². The molecule has 0 radical (unpaired) electrons. The Morgan fingerprint density at radius 3 is 2.05 bits per heavy atom. The van der Waals surface area contributed by atoms with Crippen LogP contribution in [-0.2, 0) is 55.9 Å². The summed E-state index contributed by atoms with van der Waals surface area (Å²) in [7, 11) is 1.43. The molecule has 2 aliphatic heterocycles. The minimum atomic E-state index is -1.40. The summed E-state index contributed by atoms with van der Waals surface area (Å²) in [5.74, 6) is -8.42. The zero-order valence-electron chi connectivity index (χ0n) is 37.2. The third-order valence-corrected chi connectivity index (χ3v) is 12.7. The van der Waals surface area contributed by atoms with Crippen molar-refractivity contribution in [2.45, 2.75) is 135 Å². The molecule has 1 saturated carbocycles. The molecular weight excluding hydrogens is 830 g/mol. The SMILES string of the molecule is CC(C)C(=O)N[C@@H](C)C(=O)C[C@@H]1C(=O)N[C@@H](C2CC2)C(=O)C[C@H]2CC[C@@H](O)N(C2=O)[C@@H](Cc2ccc(Cl)cc2)C(=O)N(C)[C@@H](Cc2ccccc2)C(=O)N[C@@H](C(C)C)C(=O)O[C@@H]1C. The van der Waals surface area contributed by atoms with Crippen LogP contribution in [0, 0.1) is 29.6 Å². The van der Waals surface area contributed by atoms with Gasteiger partial charge in [-0.2, -0.15) is 0 Å². The van der Waals surface area contributed by atoms with Crippen molar-refractivity contribution in [3.63, 3.8) is 0 Å². The molecule has 0 aromatic heterocycles. The second kappa shape index (κ2) is 21.5. The van der Waals surface area contributed by atoms with E-state index in [9.17, 15) is 43.5 Å². The van der Waals surface area contributed by atoms with E-state index in [-0.39, 0.29) is 43.9 Å². The Labute approximate surface area is 374 Å². The summed E-state index contributed by atoms with van der Waals surface area (Å²) < 4.78 is 5.93. The maximum absolute atomic E-state index is 15.0. The summed E-state index contributed by atoms with van der Waals surface area (Å²) in [6.07, 6.45) is -2.05. The molecule has 1 aliphatic carbocycles. The van der Waals surface area contributed by atoms with Gasteiger partial charge in [0.15, 0.2) is 11.6 Å². The molecule has 3 aliphatic rings. The van der Waals surface area contributed by atoms with Gasteiger partial charge in [-0.05, 0) is 74.6 Å². The van der Waals surface area contributed by atoms with E-state index in [1.807, 2.05) is 0 Å². The number of Topliss-reactive ketones (excluding diaryl/α,β-unsaturated/α-hetero) is 2. The van der Waals surface area contributed by atoms with Gasteiger partial charge in [0.2, 0.25) is 29.5 Å². The van der Waals surface area contributed by atoms with Gasteiger partial charge in [-0.15, -0.1) is 0 Å². The molecule has 5 rings (SSSR count). The first kappa shape index (κ1) is 48.9. The quantitative estimate of drug-likeness (QED) is 0.241. The number of fused-ring (bicyclic) bond motifs is 2. The third kappa shape index (κ3) is 12.5. The van der Waals surface area contributed by atoms with Gasteiger partial charge in [0, 0.05) is 49.6 Å². The maximum Gasteiger partial charge on any atom is 0.329 e. The molecule has 63 heavy (non-hydrogen) atoms. The molecule has 0 spiro atoms. The third-order valence-electron chi connectivity index (χ3n) is 12.4. The predicted octanol–water partition coefficient (Wildman–Crippen LogP) is 3.55. The molecule has 2 aromatic rings. The van der Waals surface area contributed by atoms with E-state index < -0.39 is 114 Å². The van der Waals surface area contributed by atoms with Crippen LogP contribution in [0.25, 0.3) is 0 Å². The van der Waals surface area contributed by atoms with E-state index in [4.69, 9.17) is 16.3 Å². The smallest absolute Gasteiger partial charge is 0.329 e. The number of piperidine rings is 1. The number of nitrogens with one attached hydrogen (secondary N) is 3. The Hall–Kier alpha value is -5.15. The summed E-state index contributed by atoms with van der Waals surface area (Å²) in [5.41, 5.74) is 1.31. The fourth-order valence-electron chi connectivity index (χ4n) is 8.23. The lowest BCUT2D eigenvalue weighted by atomic mass is 9.86. The number of hydrogen-bond acceptors (Lipinski definition) is 10. The van der Waals surface area contributed by atoms with Crippen LogP contribution in [-0.4, -0.2) is 112 Å². The average molecular weight is 892 g/mol. The van der Waals surface area contributed by atoms with E-state index >= 15 is 0 Å². The van der Waals surface area contributed by atoms with Crippen LogP contribution >= 0.6 is 11.6 Å². The molecule has 15 nitrogen and oxygen atoms in total. The Bertz CT molecular complexity index is 2010. The van der Waals surface area contributed by atoms with E-state index in [1.165, 1.54) is 25.8 Å². The number of carbonyl (C=O) groups is 8. The van der Waals surface area contributed by atoms with Crippen LogP contribution in [0.15, 0.2) is 54.6 Å². The van der Waals surface area contributed by atoms with Crippen LogP contribution in [0.2, 0.25) is 5.02 Å². The molecule has 3 fully saturated rings.